The topological polar surface area (TPSA) is 28.6 Å². The number of thioether (sulfide) groups is 1. The predicted octanol–water partition coefficient (Wildman–Crippen LogP) is 5.31. The number of nitrogens with zero attached hydrogens (tertiary/aromatic N) is 3. The van der Waals surface area contributed by atoms with Crippen molar-refractivity contribution in [2.45, 2.75) is 43.8 Å². The highest BCUT2D eigenvalue weighted by atomic mass is 35.5. The van der Waals surface area contributed by atoms with E-state index in [0.717, 1.165) is 35.2 Å². The summed E-state index contributed by atoms with van der Waals surface area (Å²) >= 11 is 8.38. The molecule has 2 aromatic rings. The second kappa shape index (κ2) is 8.72. The molecule has 1 aliphatic rings. The predicted molar refractivity (Wildman–Crippen MR) is 116 cm³/mol. The van der Waals surface area contributed by atoms with E-state index in [1.54, 1.807) is 18.9 Å². The summed E-state index contributed by atoms with van der Waals surface area (Å²) in [6.45, 7) is 8.54. The van der Waals surface area contributed by atoms with Crippen molar-refractivity contribution in [3.05, 3.63) is 47.7 Å². The van der Waals surface area contributed by atoms with E-state index in [-0.39, 0.29) is 11.7 Å². The van der Waals surface area contributed by atoms with Gasteiger partial charge in [0.25, 0.3) is 0 Å². The fourth-order valence-corrected chi connectivity index (χ4v) is 5.00. The van der Waals surface area contributed by atoms with E-state index in [1.165, 1.54) is 11.4 Å². The fourth-order valence-electron chi connectivity index (χ4n) is 3.82. The summed E-state index contributed by atoms with van der Waals surface area (Å²) in [6, 6.07) is 10.6. The first-order valence-electron chi connectivity index (χ1n) is 9.31. The average molecular weight is 406 g/mol. The van der Waals surface area contributed by atoms with Crippen molar-refractivity contribution >= 4 is 34.7 Å². The van der Waals surface area contributed by atoms with Crippen LogP contribution in [0.15, 0.2) is 47.6 Å². The van der Waals surface area contributed by atoms with Crippen molar-refractivity contribution in [3.8, 4) is 0 Å². The van der Waals surface area contributed by atoms with Crippen LogP contribution in [0.3, 0.4) is 0 Å². The van der Waals surface area contributed by atoms with Gasteiger partial charge in [-0.3, -0.25) is 4.98 Å². The quantitative estimate of drug-likeness (QED) is 0.459. The van der Waals surface area contributed by atoms with Crippen molar-refractivity contribution < 1.29 is 4.74 Å². The van der Waals surface area contributed by atoms with E-state index in [9.17, 15) is 0 Å². The molecule has 6 heteroatoms. The Morgan fingerprint density at radius 1 is 1.22 bits per heavy atom. The lowest BCUT2D eigenvalue weighted by Crippen LogP contribution is -2.44. The van der Waals surface area contributed by atoms with Gasteiger partial charge in [-0.15, -0.1) is 11.8 Å². The van der Waals surface area contributed by atoms with Gasteiger partial charge in [0, 0.05) is 54.7 Å². The smallest absolute Gasteiger partial charge is 0.0993 e. The van der Waals surface area contributed by atoms with Crippen LogP contribution in [0, 0.1) is 0 Å². The first-order valence-corrected chi connectivity index (χ1v) is 10.7. The highest BCUT2D eigenvalue weighted by Gasteiger charge is 2.42. The van der Waals surface area contributed by atoms with E-state index in [4.69, 9.17) is 16.3 Å². The first-order chi connectivity index (χ1) is 12.9. The van der Waals surface area contributed by atoms with Crippen LogP contribution in [0.4, 0.5) is 11.4 Å². The zero-order chi connectivity index (χ0) is 19.4. The molecule has 0 amide bonds. The molecule has 1 aromatic carbocycles. The number of rotatable bonds is 7. The van der Waals surface area contributed by atoms with Crippen molar-refractivity contribution in [1.82, 2.24) is 4.98 Å². The maximum absolute atomic E-state index is 6.59. The SMILES string of the molecule is COCCCSc1ccc(N2CC(C)(C)N(c3ccncc3)C2C)cc1Cl. The maximum atomic E-state index is 6.59. The molecular formula is C21H28ClN3OS. The van der Waals surface area contributed by atoms with Crippen LogP contribution in [0.5, 0.6) is 0 Å². The van der Waals surface area contributed by atoms with Gasteiger partial charge in [-0.05, 0) is 57.5 Å². The lowest BCUT2D eigenvalue weighted by molar-refractivity contribution is 0.200. The molecule has 0 radical (unpaired) electrons. The number of pyridine rings is 1. The average Bonchev–Trinajstić information content (AvgIpc) is 2.89. The molecule has 1 unspecified atom stereocenters. The Morgan fingerprint density at radius 2 is 1.96 bits per heavy atom. The molecule has 1 saturated heterocycles. The molecule has 27 heavy (non-hydrogen) atoms. The number of anilines is 2. The maximum Gasteiger partial charge on any atom is 0.0993 e. The molecule has 0 bridgehead atoms. The number of aromatic nitrogens is 1. The molecule has 1 fully saturated rings. The highest BCUT2D eigenvalue weighted by molar-refractivity contribution is 7.99. The van der Waals surface area contributed by atoms with Crippen LogP contribution in [0.25, 0.3) is 0 Å². The van der Waals surface area contributed by atoms with Gasteiger partial charge in [-0.25, -0.2) is 0 Å². The monoisotopic (exact) mass is 405 g/mol. The second-order valence-electron chi connectivity index (χ2n) is 7.46. The number of hydrogen-bond acceptors (Lipinski definition) is 5. The minimum absolute atomic E-state index is 0.0147. The van der Waals surface area contributed by atoms with Gasteiger partial charge in [0.15, 0.2) is 0 Å². The van der Waals surface area contributed by atoms with Crippen LogP contribution in [-0.4, -0.2) is 42.7 Å². The molecule has 0 N–H and O–H groups in total. The number of ether oxygens (including phenoxy) is 1. The standard InChI is InChI=1S/C21H28ClN3OS/c1-16-24(15-21(2,3)25(16)17-8-10-23-11-9-17)18-6-7-20(19(22)14-18)27-13-5-12-26-4/h6-11,14,16H,5,12-13,15H2,1-4H3. The van der Waals surface area contributed by atoms with E-state index >= 15 is 0 Å². The van der Waals surface area contributed by atoms with Gasteiger partial charge in [-0.2, -0.15) is 0 Å². The summed E-state index contributed by atoms with van der Waals surface area (Å²) in [7, 11) is 1.74. The van der Waals surface area contributed by atoms with E-state index < -0.39 is 0 Å². The van der Waals surface area contributed by atoms with Crippen LogP contribution in [0.1, 0.15) is 27.2 Å². The third kappa shape index (κ3) is 4.53. The fraction of sp³-hybridized carbons (Fsp3) is 0.476. The molecular weight excluding hydrogens is 378 g/mol. The normalized spacial score (nSPS) is 18.9. The van der Waals surface area contributed by atoms with Gasteiger partial charge >= 0.3 is 0 Å². The van der Waals surface area contributed by atoms with Gasteiger partial charge in [-0.1, -0.05) is 11.6 Å². The minimum atomic E-state index is 0.0147. The Bertz CT molecular complexity index is 756. The van der Waals surface area contributed by atoms with Crippen molar-refractivity contribution in [1.29, 1.82) is 0 Å². The molecule has 1 aromatic heterocycles. The second-order valence-corrected chi connectivity index (χ2v) is 9.00. The summed E-state index contributed by atoms with van der Waals surface area (Å²) in [6.07, 6.45) is 4.97. The van der Waals surface area contributed by atoms with Crippen molar-refractivity contribution in [2.75, 3.05) is 35.8 Å². The summed E-state index contributed by atoms with van der Waals surface area (Å²) in [4.78, 5) is 10.2. The van der Waals surface area contributed by atoms with E-state index in [2.05, 4.69) is 65.9 Å². The largest absolute Gasteiger partial charge is 0.385 e. The van der Waals surface area contributed by atoms with Crippen molar-refractivity contribution in [2.24, 2.45) is 0 Å². The Kier molecular flexibility index (Phi) is 6.56. The van der Waals surface area contributed by atoms with Crippen molar-refractivity contribution in [3.63, 3.8) is 0 Å². The molecule has 3 rings (SSSR count). The Hall–Kier alpha value is -1.43. The Morgan fingerprint density at radius 3 is 2.63 bits per heavy atom. The zero-order valence-electron chi connectivity index (χ0n) is 16.5. The molecule has 2 heterocycles. The number of hydrogen-bond donors (Lipinski definition) is 0. The zero-order valence-corrected chi connectivity index (χ0v) is 18.1. The van der Waals surface area contributed by atoms with Gasteiger partial charge in [0.2, 0.25) is 0 Å². The van der Waals surface area contributed by atoms with Crippen LogP contribution in [0.2, 0.25) is 5.02 Å². The summed E-state index contributed by atoms with van der Waals surface area (Å²) in [5.41, 5.74) is 2.38. The molecule has 146 valence electrons. The lowest BCUT2D eigenvalue weighted by Gasteiger charge is -2.35. The third-order valence-electron chi connectivity index (χ3n) is 4.97. The van der Waals surface area contributed by atoms with Crippen LogP contribution in [-0.2, 0) is 4.74 Å². The lowest BCUT2D eigenvalue weighted by atomic mass is 10.0. The third-order valence-corrected chi connectivity index (χ3v) is 6.56. The van der Waals surface area contributed by atoms with Crippen LogP contribution >= 0.6 is 23.4 Å². The van der Waals surface area contributed by atoms with Gasteiger partial charge in [0.1, 0.15) is 0 Å². The van der Waals surface area contributed by atoms with Gasteiger partial charge in [0.05, 0.1) is 16.7 Å². The number of benzene rings is 1. The molecule has 0 spiro atoms. The number of methoxy groups -OCH3 is 1. The van der Waals surface area contributed by atoms with Crippen LogP contribution < -0.4 is 9.80 Å². The summed E-state index contributed by atoms with van der Waals surface area (Å²) in [5, 5.41) is 0.822. The molecule has 1 aliphatic heterocycles. The number of halogens is 1. The van der Waals surface area contributed by atoms with E-state index in [0.29, 0.717) is 0 Å². The molecule has 0 saturated carbocycles. The molecule has 0 aliphatic carbocycles. The Labute approximate surface area is 171 Å². The first kappa shape index (κ1) is 20.3. The minimum Gasteiger partial charge on any atom is -0.385 e. The summed E-state index contributed by atoms with van der Waals surface area (Å²) < 4.78 is 5.11. The Balaban J connectivity index is 1.77. The van der Waals surface area contributed by atoms with Gasteiger partial charge < -0.3 is 14.5 Å². The summed E-state index contributed by atoms with van der Waals surface area (Å²) in [5.74, 6) is 1.01. The molecule has 4 nitrogen and oxygen atoms in total. The van der Waals surface area contributed by atoms with E-state index in [1.807, 2.05) is 12.4 Å². The molecule has 1 atom stereocenters. The highest BCUT2D eigenvalue weighted by Crippen LogP contribution is 2.39.